The minimum Gasteiger partial charge on any atom is -0.477 e. The lowest BCUT2D eigenvalue weighted by atomic mass is 10.1. The summed E-state index contributed by atoms with van der Waals surface area (Å²) in [6.45, 7) is 1.92. The number of halogens is 1. The van der Waals surface area contributed by atoms with Crippen molar-refractivity contribution in [2.24, 2.45) is 0 Å². The molecular formula is C12H9BrN2O2S. The third-order valence-corrected chi connectivity index (χ3v) is 3.13. The van der Waals surface area contributed by atoms with Crippen LogP contribution in [0, 0.1) is 11.6 Å². The topological polar surface area (TPSA) is 66.0 Å². The van der Waals surface area contributed by atoms with Gasteiger partial charge in [-0.05, 0) is 24.6 Å². The molecular weight excluding hydrogens is 316 g/mol. The predicted molar refractivity (Wildman–Crippen MR) is 74.3 cm³/mol. The average Bonchev–Trinajstić information content (AvgIpc) is 2.31. The summed E-state index contributed by atoms with van der Waals surface area (Å²) < 4.78 is 1.14. The summed E-state index contributed by atoms with van der Waals surface area (Å²) in [5, 5.41) is 8.99. The molecule has 0 saturated heterocycles. The summed E-state index contributed by atoms with van der Waals surface area (Å²) in [6, 6.07) is 7.03. The lowest BCUT2D eigenvalue weighted by Crippen LogP contribution is -2.03. The quantitative estimate of drug-likeness (QED) is 0.829. The molecule has 0 aliphatic heterocycles. The van der Waals surface area contributed by atoms with Gasteiger partial charge in [0.2, 0.25) is 0 Å². The van der Waals surface area contributed by atoms with Crippen molar-refractivity contribution in [2.75, 3.05) is 0 Å². The van der Waals surface area contributed by atoms with Crippen molar-refractivity contribution < 1.29 is 9.90 Å². The second-order valence-electron chi connectivity index (χ2n) is 3.75. The van der Waals surface area contributed by atoms with Gasteiger partial charge in [-0.1, -0.05) is 34.2 Å². The number of aromatic amines is 1. The number of nitrogens with zero attached hydrogens (tertiary/aromatic N) is 1. The normalized spacial score (nSPS) is 10.3. The van der Waals surface area contributed by atoms with Crippen molar-refractivity contribution in [1.82, 2.24) is 9.97 Å². The monoisotopic (exact) mass is 324 g/mol. The summed E-state index contributed by atoms with van der Waals surface area (Å²) in [5.74, 6) is -0.601. The molecule has 6 heteroatoms. The molecule has 4 nitrogen and oxygen atoms in total. The fourth-order valence-corrected chi connectivity index (χ4v) is 2.12. The summed E-state index contributed by atoms with van der Waals surface area (Å²) in [5.41, 5.74) is 1.84. The number of nitrogens with one attached hydrogen (secondary N) is 1. The molecule has 0 saturated carbocycles. The number of aryl methyl sites for hydroxylation is 1. The van der Waals surface area contributed by atoms with E-state index in [1.54, 1.807) is 0 Å². The lowest BCUT2D eigenvalue weighted by Gasteiger charge is -2.07. The van der Waals surface area contributed by atoms with Crippen LogP contribution in [-0.2, 0) is 0 Å². The van der Waals surface area contributed by atoms with Crippen LogP contribution in [0.4, 0.5) is 0 Å². The molecule has 2 N–H and O–H groups in total. The molecule has 0 aliphatic rings. The van der Waals surface area contributed by atoms with Gasteiger partial charge in [-0.25, -0.2) is 9.78 Å². The van der Waals surface area contributed by atoms with Crippen molar-refractivity contribution in [3.05, 3.63) is 44.6 Å². The Balaban J connectivity index is 2.67. The van der Waals surface area contributed by atoms with Gasteiger partial charge in [0.1, 0.15) is 16.2 Å². The number of carbonyl (C=O) groups is 1. The lowest BCUT2D eigenvalue weighted by molar-refractivity contribution is 0.0690. The standard InChI is InChI=1S/C12H9BrN2O2S/c1-6-2-3-7(13)4-8(6)11-14-9(12(16)17)5-10(18)15-11/h2-5H,1H3,(H,16,17)(H,14,15,18). The van der Waals surface area contributed by atoms with Gasteiger partial charge >= 0.3 is 5.97 Å². The fraction of sp³-hybridized carbons (Fsp3) is 0.0833. The number of rotatable bonds is 2. The number of hydrogen-bond acceptors (Lipinski definition) is 3. The zero-order chi connectivity index (χ0) is 13.3. The van der Waals surface area contributed by atoms with Gasteiger partial charge in [0.15, 0.2) is 0 Å². The number of H-pyrrole nitrogens is 1. The first-order valence-corrected chi connectivity index (χ1v) is 6.28. The van der Waals surface area contributed by atoms with E-state index < -0.39 is 5.97 Å². The van der Waals surface area contributed by atoms with E-state index in [4.69, 9.17) is 17.3 Å². The number of aromatic carboxylic acids is 1. The minimum atomic E-state index is -1.06. The molecule has 1 aromatic carbocycles. The maximum Gasteiger partial charge on any atom is 0.352 e. The Morgan fingerprint density at radius 1 is 1.44 bits per heavy atom. The molecule has 0 amide bonds. The molecule has 0 spiro atoms. The Bertz CT molecular complexity index is 682. The molecule has 18 heavy (non-hydrogen) atoms. The highest BCUT2D eigenvalue weighted by molar-refractivity contribution is 9.10. The highest BCUT2D eigenvalue weighted by Crippen LogP contribution is 2.24. The summed E-state index contributed by atoms with van der Waals surface area (Å²) >= 11 is 8.35. The molecule has 0 radical (unpaired) electrons. The van der Waals surface area contributed by atoms with Gasteiger partial charge in [0.05, 0.1) is 0 Å². The van der Waals surface area contributed by atoms with Crippen molar-refractivity contribution in [1.29, 1.82) is 0 Å². The summed E-state index contributed by atoms with van der Waals surface area (Å²) in [6.07, 6.45) is 0. The van der Waals surface area contributed by atoms with E-state index in [-0.39, 0.29) is 10.3 Å². The first-order chi connectivity index (χ1) is 8.47. The van der Waals surface area contributed by atoms with Crippen LogP contribution in [0.2, 0.25) is 0 Å². The van der Waals surface area contributed by atoms with Gasteiger partial charge in [-0.2, -0.15) is 0 Å². The van der Waals surface area contributed by atoms with Crippen LogP contribution in [0.3, 0.4) is 0 Å². The zero-order valence-electron chi connectivity index (χ0n) is 9.40. The second kappa shape index (κ2) is 4.99. The first-order valence-electron chi connectivity index (χ1n) is 5.08. The SMILES string of the molecule is Cc1ccc(Br)cc1-c1nc(=S)cc(C(=O)O)[nH]1. The molecule has 2 rings (SSSR count). The number of carboxylic acids is 1. The minimum absolute atomic E-state index is 0.0318. The molecule has 2 aromatic rings. The van der Waals surface area contributed by atoms with Crippen LogP contribution in [0.25, 0.3) is 11.4 Å². The second-order valence-corrected chi connectivity index (χ2v) is 5.08. The molecule has 1 heterocycles. The van der Waals surface area contributed by atoms with Gasteiger partial charge in [0.25, 0.3) is 0 Å². The Morgan fingerprint density at radius 3 is 2.83 bits per heavy atom. The number of hydrogen-bond donors (Lipinski definition) is 2. The van der Waals surface area contributed by atoms with E-state index in [1.165, 1.54) is 6.07 Å². The van der Waals surface area contributed by atoms with Crippen LogP contribution in [0.15, 0.2) is 28.7 Å². The molecule has 0 atom stereocenters. The van der Waals surface area contributed by atoms with Crippen LogP contribution in [-0.4, -0.2) is 21.0 Å². The van der Waals surface area contributed by atoms with Crippen molar-refractivity contribution in [3.63, 3.8) is 0 Å². The van der Waals surface area contributed by atoms with E-state index in [2.05, 4.69) is 25.9 Å². The zero-order valence-corrected chi connectivity index (χ0v) is 11.8. The third kappa shape index (κ3) is 2.65. The fourth-order valence-electron chi connectivity index (χ4n) is 1.55. The van der Waals surface area contributed by atoms with E-state index in [0.717, 1.165) is 15.6 Å². The van der Waals surface area contributed by atoms with Crippen molar-refractivity contribution in [2.45, 2.75) is 6.92 Å². The number of aromatic nitrogens is 2. The Morgan fingerprint density at radius 2 is 2.17 bits per heavy atom. The third-order valence-electron chi connectivity index (χ3n) is 2.43. The molecule has 92 valence electrons. The molecule has 0 bridgehead atoms. The largest absolute Gasteiger partial charge is 0.477 e. The average molecular weight is 325 g/mol. The maximum absolute atomic E-state index is 11.0. The molecule has 0 unspecified atom stereocenters. The van der Waals surface area contributed by atoms with E-state index in [0.29, 0.717) is 5.82 Å². The highest BCUT2D eigenvalue weighted by Gasteiger charge is 2.09. The van der Waals surface area contributed by atoms with E-state index in [1.807, 2.05) is 25.1 Å². The number of carboxylic acid groups (broad SMARTS) is 1. The van der Waals surface area contributed by atoms with E-state index >= 15 is 0 Å². The maximum atomic E-state index is 11.0. The van der Waals surface area contributed by atoms with Crippen LogP contribution >= 0.6 is 28.1 Å². The summed E-state index contributed by atoms with van der Waals surface area (Å²) in [7, 11) is 0. The first kappa shape index (κ1) is 12.9. The van der Waals surface area contributed by atoms with Gasteiger partial charge in [0, 0.05) is 16.1 Å². The predicted octanol–water partition coefficient (Wildman–Crippen LogP) is 3.58. The van der Waals surface area contributed by atoms with E-state index in [9.17, 15) is 4.79 Å². The van der Waals surface area contributed by atoms with Gasteiger partial charge in [-0.3, -0.25) is 0 Å². The van der Waals surface area contributed by atoms with Crippen LogP contribution < -0.4 is 0 Å². The van der Waals surface area contributed by atoms with Gasteiger partial charge in [-0.15, -0.1) is 0 Å². The Labute approximate surface area is 117 Å². The smallest absolute Gasteiger partial charge is 0.352 e. The highest BCUT2D eigenvalue weighted by atomic mass is 79.9. The summed E-state index contributed by atoms with van der Waals surface area (Å²) in [4.78, 5) is 17.9. The van der Waals surface area contributed by atoms with Crippen molar-refractivity contribution >= 4 is 34.1 Å². The number of benzene rings is 1. The molecule has 0 aliphatic carbocycles. The Hall–Kier alpha value is -1.53. The van der Waals surface area contributed by atoms with Crippen LogP contribution in [0.5, 0.6) is 0 Å². The van der Waals surface area contributed by atoms with Crippen molar-refractivity contribution in [3.8, 4) is 11.4 Å². The molecule has 0 fully saturated rings. The van der Waals surface area contributed by atoms with Gasteiger partial charge < -0.3 is 10.1 Å². The molecule has 1 aromatic heterocycles. The van der Waals surface area contributed by atoms with Crippen LogP contribution in [0.1, 0.15) is 16.1 Å². The Kier molecular flexibility index (Phi) is 3.58.